The van der Waals surface area contributed by atoms with Crippen molar-refractivity contribution in [1.29, 1.82) is 0 Å². The lowest BCUT2D eigenvalue weighted by Gasteiger charge is -2.16. The van der Waals surface area contributed by atoms with E-state index in [1.807, 2.05) is 0 Å². The maximum Gasteiger partial charge on any atom is 0.390 e. The smallest absolute Gasteiger partial charge is 0.352 e. The van der Waals surface area contributed by atoms with Gasteiger partial charge in [0.15, 0.2) is 0 Å². The molecule has 1 heterocycles. The Morgan fingerprint density at radius 2 is 2.11 bits per heavy atom. The predicted octanol–water partition coefficient (Wildman–Crippen LogP) is 2.31. The molecule has 1 aliphatic heterocycles. The topological polar surface area (TPSA) is 55.1 Å². The Morgan fingerprint density at radius 3 is 2.79 bits per heavy atom. The van der Waals surface area contributed by atoms with Crippen molar-refractivity contribution in [3.63, 3.8) is 0 Å². The highest BCUT2D eigenvalue weighted by molar-refractivity contribution is 5.96. The van der Waals surface area contributed by atoms with Gasteiger partial charge in [-0.2, -0.15) is 13.2 Å². The van der Waals surface area contributed by atoms with Crippen molar-refractivity contribution < 1.29 is 18.0 Å². The van der Waals surface area contributed by atoms with E-state index in [0.717, 1.165) is 18.4 Å². The van der Waals surface area contributed by atoms with Gasteiger partial charge in [0.05, 0.1) is 6.42 Å². The molecule has 3 nitrogen and oxygen atoms in total. The van der Waals surface area contributed by atoms with Crippen LogP contribution in [0.4, 0.5) is 13.2 Å². The first kappa shape index (κ1) is 13.9. The highest BCUT2D eigenvalue weighted by Crippen LogP contribution is 2.29. The number of carbonyl (C=O) groups is 1. The largest absolute Gasteiger partial charge is 0.390 e. The molecule has 1 aromatic carbocycles. The summed E-state index contributed by atoms with van der Waals surface area (Å²) in [5.74, 6) is -0.242. The molecule has 2 rings (SSSR count). The molecule has 0 saturated carbocycles. The number of rotatable bonds is 2. The zero-order valence-corrected chi connectivity index (χ0v) is 10.3. The van der Waals surface area contributed by atoms with Crippen molar-refractivity contribution >= 4 is 5.91 Å². The molecule has 0 fully saturated rings. The number of halogens is 3. The van der Waals surface area contributed by atoms with Gasteiger partial charge in [-0.15, -0.1) is 0 Å². The summed E-state index contributed by atoms with van der Waals surface area (Å²) in [4.78, 5) is 11.8. The average molecular weight is 272 g/mol. The lowest BCUT2D eigenvalue weighted by atomic mass is 9.96. The Labute approximate surface area is 109 Å². The van der Waals surface area contributed by atoms with E-state index in [2.05, 4.69) is 5.32 Å². The van der Waals surface area contributed by atoms with Crippen LogP contribution in [0.5, 0.6) is 0 Å². The number of nitrogens with one attached hydrogen (secondary N) is 1. The molecule has 104 valence electrons. The molecule has 1 aliphatic rings. The molecule has 3 N–H and O–H groups in total. The van der Waals surface area contributed by atoms with Gasteiger partial charge in [-0.25, -0.2) is 0 Å². The van der Waals surface area contributed by atoms with Gasteiger partial charge in [-0.1, -0.05) is 12.1 Å². The normalized spacial score (nSPS) is 17.4. The number of nitrogens with two attached hydrogens (primary N) is 1. The van der Waals surface area contributed by atoms with E-state index in [4.69, 9.17) is 5.73 Å². The fourth-order valence-electron chi connectivity index (χ4n) is 2.20. The Balaban J connectivity index is 2.27. The molecule has 6 heteroatoms. The molecule has 1 unspecified atom stereocenters. The second-order valence-electron chi connectivity index (χ2n) is 4.70. The van der Waals surface area contributed by atoms with Crippen LogP contribution in [-0.2, 0) is 6.42 Å². The first-order chi connectivity index (χ1) is 8.87. The van der Waals surface area contributed by atoms with Gasteiger partial charge in [0.1, 0.15) is 0 Å². The van der Waals surface area contributed by atoms with E-state index in [9.17, 15) is 18.0 Å². The second-order valence-corrected chi connectivity index (χ2v) is 4.70. The highest BCUT2D eigenvalue weighted by Gasteiger charge is 2.31. The van der Waals surface area contributed by atoms with Crippen LogP contribution in [0.3, 0.4) is 0 Å². The highest BCUT2D eigenvalue weighted by atomic mass is 19.4. The molecule has 19 heavy (non-hydrogen) atoms. The standard InChI is InChI=1S/C13H15F3N2O/c14-13(15,16)7-11(17)9-4-3-8-2-1-5-18-12(19)10(8)6-9/h3-4,6,11H,1-2,5,7,17H2,(H,18,19). The molecule has 1 aromatic rings. The Morgan fingerprint density at radius 1 is 1.37 bits per heavy atom. The van der Waals surface area contributed by atoms with Gasteiger partial charge < -0.3 is 11.1 Å². The first-order valence-electron chi connectivity index (χ1n) is 6.10. The third-order valence-electron chi connectivity index (χ3n) is 3.17. The quantitative estimate of drug-likeness (QED) is 0.868. The van der Waals surface area contributed by atoms with Crippen LogP contribution < -0.4 is 11.1 Å². The van der Waals surface area contributed by atoms with Crippen LogP contribution in [0, 0.1) is 0 Å². The average Bonchev–Trinajstić information content (AvgIpc) is 2.49. The zero-order chi connectivity index (χ0) is 14.0. The molecular weight excluding hydrogens is 257 g/mol. The predicted molar refractivity (Wildman–Crippen MR) is 64.7 cm³/mol. The van der Waals surface area contributed by atoms with Gasteiger partial charge in [0.25, 0.3) is 5.91 Å². The van der Waals surface area contributed by atoms with Crippen LogP contribution in [0.1, 0.15) is 40.4 Å². The number of benzene rings is 1. The summed E-state index contributed by atoms with van der Waals surface area (Å²) in [6.45, 7) is 0.581. The lowest BCUT2D eigenvalue weighted by Crippen LogP contribution is -2.24. The minimum absolute atomic E-state index is 0.242. The van der Waals surface area contributed by atoms with E-state index in [0.29, 0.717) is 17.7 Å². The summed E-state index contributed by atoms with van der Waals surface area (Å²) in [6.07, 6.45) is -3.84. The van der Waals surface area contributed by atoms with Crippen molar-refractivity contribution in [3.8, 4) is 0 Å². The number of carbonyl (C=O) groups excluding carboxylic acids is 1. The van der Waals surface area contributed by atoms with Crippen LogP contribution >= 0.6 is 0 Å². The van der Waals surface area contributed by atoms with E-state index in [1.165, 1.54) is 6.07 Å². The van der Waals surface area contributed by atoms with E-state index >= 15 is 0 Å². The molecule has 0 spiro atoms. The molecule has 0 aromatic heterocycles. The first-order valence-corrected chi connectivity index (χ1v) is 6.10. The molecular formula is C13H15F3N2O. The maximum absolute atomic E-state index is 12.3. The lowest BCUT2D eigenvalue weighted by molar-refractivity contribution is -0.138. The monoisotopic (exact) mass is 272 g/mol. The van der Waals surface area contributed by atoms with Crippen LogP contribution in [0.15, 0.2) is 18.2 Å². The van der Waals surface area contributed by atoms with Gasteiger partial charge >= 0.3 is 6.18 Å². The number of amides is 1. The number of aryl methyl sites for hydroxylation is 1. The molecule has 1 amide bonds. The van der Waals surface area contributed by atoms with Crippen LogP contribution in [0.2, 0.25) is 0 Å². The Kier molecular flexibility index (Phi) is 3.80. The SMILES string of the molecule is NC(CC(F)(F)F)c1ccc2c(c1)C(=O)NCCC2. The van der Waals surface area contributed by atoms with Crippen molar-refractivity contribution in [2.24, 2.45) is 5.73 Å². The molecule has 1 atom stereocenters. The molecule has 0 radical (unpaired) electrons. The van der Waals surface area contributed by atoms with Crippen molar-refractivity contribution in [3.05, 3.63) is 34.9 Å². The summed E-state index contributed by atoms with van der Waals surface area (Å²) >= 11 is 0. The summed E-state index contributed by atoms with van der Waals surface area (Å²) in [7, 11) is 0. The number of hydrogen-bond donors (Lipinski definition) is 2. The van der Waals surface area contributed by atoms with E-state index in [-0.39, 0.29) is 5.91 Å². The second kappa shape index (κ2) is 5.21. The fourth-order valence-corrected chi connectivity index (χ4v) is 2.20. The fraction of sp³-hybridized carbons (Fsp3) is 0.462. The van der Waals surface area contributed by atoms with Gasteiger partial charge in [0.2, 0.25) is 0 Å². The summed E-state index contributed by atoms with van der Waals surface area (Å²) in [5, 5.41) is 2.71. The van der Waals surface area contributed by atoms with Crippen LogP contribution in [0.25, 0.3) is 0 Å². The van der Waals surface area contributed by atoms with Crippen LogP contribution in [-0.4, -0.2) is 18.6 Å². The minimum atomic E-state index is -4.31. The Bertz CT molecular complexity index is 485. The van der Waals surface area contributed by atoms with Gasteiger partial charge in [0, 0.05) is 18.2 Å². The van der Waals surface area contributed by atoms with E-state index in [1.54, 1.807) is 12.1 Å². The van der Waals surface area contributed by atoms with Gasteiger partial charge in [-0.05, 0) is 30.0 Å². The third kappa shape index (κ3) is 3.47. The van der Waals surface area contributed by atoms with Gasteiger partial charge in [-0.3, -0.25) is 4.79 Å². The molecule has 0 saturated heterocycles. The number of alkyl halides is 3. The summed E-state index contributed by atoms with van der Waals surface area (Å²) < 4.78 is 36.9. The van der Waals surface area contributed by atoms with E-state index < -0.39 is 18.6 Å². The van der Waals surface area contributed by atoms with Crippen molar-refractivity contribution in [2.75, 3.05) is 6.54 Å². The van der Waals surface area contributed by atoms with Crippen molar-refractivity contribution in [2.45, 2.75) is 31.5 Å². The maximum atomic E-state index is 12.3. The minimum Gasteiger partial charge on any atom is -0.352 e. The van der Waals surface area contributed by atoms with Crippen molar-refractivity contribution in [1.82, 2.24) is 5.32 Å². The number of hydrogen-bond acceptors (Lipinski definition) is 2. The number of fused-ring (bicyclic) bond motifs is 1. The molecule has 0 aliphatic carbocycles. The third-order valence-corrected chi connectivity index (χ3v) is 3.17. The summed E-state index contributed by atoms with van der Waals surface area (Å²) in [6, 6.07) is 3.62. The summed E-state index contributed by atoms with van der Waals surface area (Å²) in [5.41, 5.74) is 7.18. The molecule has 0 bridgehead atoms. The Hall–Kier alpha value is -1.56. The zero-order valence-electron chi connectivity index (χ0n) is 10.3.